The van der Waals surface area contributed by atoms with Gasteiger partial charge in [-0.25, -0.2) is 0 Å². The van der Waals surface area contributed by atoms with Gasteiger partial charge in [-0.2, -0.15) is 27.8 Å². The first kappa shape index (κ1) is 13.3. The molecule has 0 saturated carbocycles. The average molecular weight is 283 g/mol. The van der Waals surface area contributed by atoms with E-state index in [0.717, 1.165) is 0 Å². The smallest absolute Gasteiger partial charge is 0.314 e. The lowest BCUT2D eigenvalue weighted by Gasteiger charge is -2.05. The Labute approximate surface area is 108 Å². The van der Waals surface area contributed by atoms with E-state index in [1.807, 2.05) is 0 Å². The topological polar surface area (TPSA) is 105 Å². The Kier molecular flexibility index (Phi) is 3.67. The molecule has 0 fully saturated rings. The third kappa shape index (κ3) is 3.66. The molecule has 0 saturated heterocycles. The summed E-state index contributed by atoms with van der Waals surface area (Å²) in [5, 5.41) is 2.67. The fraction of sp³-hybridized carbons (Fsp3) is 0.100. The van der Waals surface area contributed by atoms with Crippen molar-refractivity contribution in [2.24, 2.45) is 0 Å². The highest BCUT2D eigenvalue weighted by atomic mass is 32.2. The first-order valence-corrected chi connectivity index (χ1v) is 6.47. The average Bonchev–Trinajstić information content (AvgIpc) is 2.36. The normalized spacial score (nSPS) is 11.3. The van der Waals surface area contributed by atoms with Crippen molar-refractivity contribution in [3.8, 4) is 0 Å². The molecule has 99 valence electrons. The van der Waals surface area contributed by atoms with E-state index in [9.17, 15) is 12.8 Å². The van der Waals surface area contributed by atoms with Crippen LogP contribution in [0, 0.1) is 12.4 Å². The Bertz CT molecular complexity index is 693. The summed E-state index contributed by atoms with van der Waals surface area (Å²) in [5.41, 5.74) is 0.552. The Morgan fingerprint density at radius 2 is 2.16 bits per heavy atom. The van der Waals surface area contributed by atoms with Gasteiger partial charge in [0.2, 0.25) is 12.3 Å². The number of nitrogens with zero attached hydrogens (tertiary/aromatic N) is 3. The van der Waals surface area contributed by atoms with Crippen LogP contribution in [-0.2, 0) is 16.7 Å². The van der Waals surface area contributed by atoms with Crippen molar-refractivity contribution in [3.05, 3.63) is 42.2 Å². The van der Waals surface area contributed by atoms with Crippen LogP contribution in [0.2, 0.25) is 0 Å². The van der Waals surface area contributed by atoms with E-state index in [-0.39, 0.29) is 17.4 Å². The van der Waals surface area contributed by atoms with Gasteiger partial charge in [0.1, 0.15) is 0 Å². The van der Waals surface area contributed by atoms with Crippen LogP contribution in [0.15, 0.2) is 29.2 Å². The van der Waals surface area contributed by atoms with Gasteiger partial charge in [0.15, 0.2) is 0 Å². The molecule has 0 amide bonds. The van der Waals surface area contributed by atoms with Crippen LogP contribution in [0.3, 0.4) is 0 Å². The molecule has 1 heterocycles. The number of benzene rings is 1. The summed E-state index contributed by atoms with van der Waals surface area (Å²) < 4.78 is 43.5. The summed E-state index contributed by atoms with van der Waals surface area (Å²) in [6.07, 6.45) is 1.10. The molecule has 1 radical (unpaired) electrons. The van der Waals surface area contributed by atoms with E-state index in [4.69, 9.17) is 4.55 Å². The quantitative estimate of drug-likeness (QED) is 0.794. The number of aromatic nitrogens is 3. The van der Waals surface area contributed by atoms with Crippen molar-refractivity contribution in [2.45, 2.75) is 11.4 Å². The summed E-state index contributed by atoms with van der Waals surface area (Å²) in [7, 11) is -4.25. The zero-order valence-corrected chi connectivity index (χ0v) is 10.2. The molecule has 0 spiro atoms. The number of anilines is 1. The van der Waals surface area contributed by atoms with Crippen molar-refractivity contribution < 1.29 is 17.4 Å². The second-order valence-electron chi connectivity index (χ2n) is 3.50. The Balaban J connectivity index is 2.12. The Morgan fingerprint density at radius 1 is 1.37 bits per heavy atom. The van der Waals surface area contributed by atoms with E-state index in [1.165, 1.54) is 18.2 Å². The molecule has 9 heteroatoms. The monoisotopic (exact) mass is 283 g/mol. The highest BCUT2D eigenvalue weighted by Crippen LogP contribution is 2.12. The first-order valence-electron chi connectivity index (χ1n) is 5.03. The summed E-state index contributed by atoms with van der Waals surface area (Å²) >= 11 is 0. The minimum absolute atomic E-state index is 0.0234. The van der Waals surface area contributed by atoms with Gasteiger partial charge < -0.3 is 5.32 Å². The van der Waals surface area contributed by atoms with Gasteiger partial charge in [-0.05, 0) is 17.7 Å². The number of hydrogen-bond acceptors (Lipinski definition) is 6. The van der Waals surface area contributed by atoms with Crippen molar-refractivity contribution in [3.63, 3.8) is 0 Å². The van der Waals surface area contributed by atoms with Gasteiger partial charge in [0, 0.05) is 6.54 Å². The van der Waals surface area contributed by atoms with Crippen LogP contribution < -0.4 is 5.32 Å². The lowest BCUT2D eigenvalue weighted by molar-refractivity contribution is 0.483. The fourth-order valence-corrected chi connectivity index (χ4v) is 1.88. The van der Waals surface area contributed by atoms with Crippen LogP contribution in [0.1, 0.15) is 5.56 Å². The second kappa shape index (κ2) is 5.24. The third-order valence-electron chi connectivity index (χ3n) is 2.14. The van der Waals surface area contributed by atoms with Crippen molar-refractivity contribution >= 4 is 16.1 Å². The number of rotatable bonds is 4. The van der Waals surface area contributed by atoms with E-state index < -0.39 is 16.2 Å². The van der Waals surface area contributed by atoms with Crippen LogP contribution >= 0.6 is 0 Å². The maximum Gasteiger partial charge on any atom is 0.314 e. The Morgan fingerprint density at radius 3 is 2.84 bits per heavy atom. The maximum absolute atomic E-state index is 12.7. The summed E-state index contributed by atoms with van der Waals surface area (Å²) in [6.45, 7) is 0.153. The van der Waals surface area contributed by atoms with Crippen LogP contribution in [0.4, 0.5) is 10.3 Å². The molecule has 1 aromatic heterocycles. The SMILES string of the molecule is O=S(=O)(O)c1cccc(CNc2n[c]nc(F)n2)c1. The molecular weight excluding hydrogens is 275 g/mol. The summed E-state index contributed by atoms with van der Waals surface area (Å²) in [5.74, 6) is -0.0234. The predicted octanol–water partition coefficient (Wildman–Crippen LogP) is 0.670. The van der Waals surface area contributed by atoms with E-state index in [1.54, 1.807) is 6.07 Å². The molecule has 19 heavy (non-hydrogen) atoms. The molecule has 2 rings (SSSR count). The highest BCUT2D eigenvalue weighted by molar-refractivity contribution is 7.85. The number of halogens is 1. The summed E-state index contributed by atoms with van der Waals surface area (Å²) in [4.78, 5) is 9.77. The van der Waals surface area contributed by atoms with Gasteiger partial charge in [-0.3, -0.25) is 4.55 Å². The molecule has 0 aliphatic carbocycles. The van der Waals surface area contributed by atoms with Crippen LogP contribution in [-0.4, -0.2) is 27.9 Å². The van der Waals surface area contributed by atoms with Gasteiger partial charge >= 0.3 is 6.08 Å². The number of nitrogens with one attached hydrogen (secondary N) is 1. The fourth-order valence-electron chi connectivity index (χ4n) is 1.33. The van der Waals surface area contributed by atoms with E-state index >= 15 is 0 Å². The zero-order chi connectivity index (χ0) is 13.9. The first-order chi connectivity index (χ1) is 8.95. The van der Waals surface area contributed by atoms with Gasteiger partial charge in [-0.15, -0.1) is 0 Å². The third-order valence-corrected chi connectivity index (χ3v) is 2.99. The molecule has 7 nitrogen and oxygen atoms in total. The van der Waals surface area contributed by atoms with Crippen molar-refractivity contribution in [1.29, 1.82) is 0 Å². The van der Waals surface area contributed by atoms with E-state index in [2.05, 4.69) is 26.6 Å². The minimum atomic E-state index is -4.25. The molecule has 2 N–H and O–H groups in total. The van der Waals surface area contributed by atoms with Gasteiger partial charge in [-0.1, -0.05) is 12.1 Å². The van der Waals surface area contributed by atoms with Crippen LogP contribution in [0.25, 0.3) is 0 Å². The second-order valence-corrected chi connectivity index (χ2v) is 4.93. The zero-order valence-electron chi connectivity index (χ0n) is 9.41. The molecule has 2 aromatic rings. The molecule has 0 aliphatic rings. The largest absolute Gasteiger partial charge is 0.350 e. The maximum atomic E-state index is 12.7. The number of hydrogen-bond donors (Lipinski definition) is 2. The molecule has 0 bridgehead atoms. The highest BCUT2D eigenvalue weighted by Gasteiger charge is 2.09. The standard InChI is InChI=1S/C10H8FN4O3S/c11-9-13-6-14-10(15-9)12-5-7-2-1-3-8(4-7)19(16,17)18/h1-4H,5H2,(H,16,17,18)(H,12,13,14,15). The lowest BCUT2D eigenvalue weighted by atomic mass is 10.2. The predicted molar refractivity (Wildman–Crippen MR) is 62.2 cm³/mol. The van der Waals surface area contributed by atoms with Crippen LogP contribution in [0.5, 0.6) is 0 Å². The molecule has 0 atom stereocenters. The molecular formula is C10H8FN4O3S. The minimum Gasteiger partial charge on any atom is -0.350 e. The van der Waals surface area contributed by atoms with Gasteiger partial charge in [0.05, 0.1) is 4.90 Å². The Hall–Kier alpha value is -2.13. The van der Waals surface area contributed by atoms with Gasteiger partial charge in [0.25, 0.3) is 10.1 Å². The van der Waals surface area contributed by atoms with Crippen molar-refractivity contribution in [1.82, 2.24) is 15.0 Å². The van der Waals surface area contributed by atoms with Crippen molar-refractivity contribution in [2.75, 3.05) is 5.32 Å². The summed E-state index contributed by atoms with van der Waals surface area (Å²) in [6, 6.07) is 5.64. The molecule has 0 aliphatic heterocycles. The van der Waals surface area contributed by atoms with E-state index in [0.29, 0.717) is 5.56 Å². The molecule has 1 aromatic carbocycles. The lowest BCUT2D eigenvalue weighted by Crippen LogP contribution is -2.06. The molecule has 0 unspecified atom stereocenters.